The largest absolute Gasteiger partial charge is 0.363 e. The van der Waals surface area contributed by atoms with Gasteiger partial charge in [-0.1, -0.05) is 6.92 Å². The highest BCUT2D eigenvalue weighted by molar-refractivity contribution is 4.72. The van der Waals surface area contributed by atoms with Gasteiger partial charge in [0.1, 0.15) is 6.23 Å². The molecule has 0 radical (unpaired) electrons. The third-order valence-corrected chi connectivity index (χ3v) is 3.58. The van der Waals surface area contributed by atoms with Gasteiger partial charge in [-0.05, 0) is 19.4 Å². The van der Waals surface area contributed by atoms with Gasteiger partial charge in [0, 0.05) is 39.3 Å². The second-order valence-corrected chi connectivity index (χ2v) is 5.27. The summed E-state index contributed by atoms with van der Waals surface area (Å²) in [5.41, 5.74) is 0. The van der Waals surface area contributed by atoms with Crippen LogP contribution in [0.25, 0.3) is 0 Å². The molecule has 0 saturated carbocycles. The molecule has 1 N–H and O–H groups in total. The van der Waals surface area contributed by atoms with Crippen LogP contribution in [0, 0.1) is 5.92 Å². The zero-order valence-corrected chi connectivity index (χ0v) is 10.6. The predicted molar refractivity (Wildman–Crippen MR) is 65.5 cm³/mol. The van der Waals surface area contributed by atoms with Crippen molar-refractivity contribution in [1.82, 2.24) is 15.1 Å². The molecular weight excluding hydrogens is 202 g/mol. The van der Waals surface area contributed by atoms with Gasteiger partial charge in [-0.25, -0.2) is 0 Å². The lowest BCUT2D eigenvalue weighted by Crippen LogP contribution is -2.48. The smallest absolute Gasteiger partial charge is 0.109 e. The van der Waals surface area contributed by atoms with Gasteiger partial charge in [0.15, 0.2) is 0 Å². The van der Waals surface area contributed by atoms with Gasteiger partial charge in [-0.2, -0.15) is 0 Å². The van der Waals surface area contributed by atoms with E-state index in [1.807, 2.05) is 0 Å². The van der Waals surface area contributed by atoms with Gasteiger partial charge in [-0.15, -0.1) is 0 Å². The molecule has 0 aromatic rings. The topological polar surface area (TPSA) is 27.7 Å². The number of ether oxygens (including phenoxy) is 1. The lowest BCUT2D eigenvalue weighted by atomic mass is 10.1. The van der Waals surface area contributed by atoms with E-state index in [0.29, 0.717) is 5.92 Å². The Morgan fingerprint density at radius 2 is 2.00 bits per heavy atom. The van der Waals surface area contributed by atoms with Crippen molar-refractivity contribution in [3.8, 4) is 0 Å². The lowest BCUT2D eigenvalue weighted by molar-refractivity contribution is -0.0333. The number of piperazine rings is 1. The Labute approximate surface area is 98.9 Å². The molecule has 0 bridgehead atoms. The lowest BCUT2D eigenvalue weighted by Gasteiger charge is -2.34. The molecule has 0 amide bonds. The molecule has 2 unspecified atom stereocenters. The molecule has 2 heterocycles. The average Bonchev–Trinajstić information content (AvgIpc) is 2.30. The highest BCUT2D eigenvalue weighted by atomic mass is 16.5. The quantitative estimate of drug-likeness (QED) is 0.746. The maximum Gasteiger partial charge on any atom is 0.109 e. The van der Waals surface area contributed by atoms with E-state index in [0.717, 1.165) is 19.6 Å². The number of likely N-dealkylation sites (N-methyl/N-ethyl adjacent to an activating group) is 1. The van der Waals surface area contributed by atoms with E-state index in [1.165, 1.54) is 32.7 Å². The average molecular weight is 227 g/mol. The van der Waals surface area contributed by atoms with Gasteiger partial charge in [-0.3, -0.25) is 5.32 Å². The third kappa shape index (κ3) is 3.70. The van der Waals surface area contributed by atoms with Crippen LogP contribution in [0.3, 0.4) is 0 Å². The van der Waals surface area contributed by atoms with Crippen molar-refractivity contribution in [3.63, 3.8) is 0 Å². The fourth-order valence-electron chi connectivity index (χ4n) is 2.29. The molecular formula is C12H25N3O. The fraction of sp³-hybridized carbons (Fsp3) is 1.00. The van der Waals surface area contributed by atoms with E-state index in [-0.39, 0.29) is 6.23 Å². The van der Waals surface area contributed by atoms with Crippen LogP contribution in [0.5, 0.6) is 0 Å². The summed E-state index contributed by atoms with van der Waals surface area (Å²) in [6.07, 6.45) is 1.41. The molecule has 2 fully saturated rings. The standard InChI is InChI=1S/C12H25N3O/c1-11-9-13-12(16-10-11)3-4-15-7-5-14(2)6-8-15/h11-13H,3-10H2,1-2H3. The van der Waals surface area contributed by atoms with Gasteiger partial charge in [0.05, 0.1) is 6.61 Å². The second kappa shape index (κ2) is 5.96. The SMILES string of the molecule is CC1CNC(CCN2CCN(C)CC2)OC1. The molecule has 2 aliphatic rings. The first-order chi connectivity index (χ1) is 7.74. The minimum atomic E-state index is 0.288. The Morgan fingerprint density at radius 1 is 1.25 bits per heavy atom. The second-order valence-electron chi connectivity index (χ2n) is 5.27. The van der Waals surface area contributed by atoms with Gasteiger partial charge < -0.3 is 14.5 Å². The van der Waals surface area contributed by atoms with Crippen molar-refractivity contribution >= 4 is 0 Å². The summed E-state index contributed by atoms with van der Waals surface area (Å²) in [6, 6.07) is 0. The molecule has 16 heavy (non-hydrogen) atoms. The van der Waals surface area contributed by atoms with E-state index in [1.54, 1.807) is 0 Å². The molecule has 2 atom stereocenters. The normalized spacial score (nSPS) is 34.1. The van der Waals surface area contributed by atoms with Crippen LogP contribution >= 0.6 is 0 Å². The first kappa shape index (κ1) is 12.3. The summed E-state index contributed by atoms with van der Waals surface area (Å²) >= 11 is 0. The summed E-state index contributed by atoms with van der Waals surface area (Å²) < 4.78 is 5.75. The van der Waals surface area contributed by atoms with Crippen molar-refractivity contribution in [3.05, 3.63) is 0 Å². The van der Waals surface area contributed by atoms with Crippen LogP contribution < -0.4 is 5.32 Å². The molecule has 0 aromatic carbocycles. The Hall–Kier alpha value is -0.160. The molecule has 2 rings (SSSR count). The van der Waals surface area contributed by atoms with E-state index in [4.69, 9.17) is 4.74 Å². The zero-order valence-electron chi connectivity index (χ0n) is 10.6. The van der Waals surface area contributed by atoms with E-state index in [9.17, 15) is 0 Å². The zero-order chi connectivity index (χ0) is 11.4. The summed E-state index contributed by atoms with van der Waals surface area (Å²) in [5, 5.41) is 3.46. The summed E-state index contributed by atoms with van der Waals surface area (Å²) in [7, 11) is 2.20. The van der Waals surface area contributed by atoms with Crippen LogP contribution in [-0.4, -0.2) is 69.0 Å². The monoisotopic (exact) mass is 227 g/mol. The molecule has 4 nitrogen and oxygen atoms in total. The van der Waals surface area contributed by atoms with Crippen molar-refractivity contribution in [2.24, 2.45) is 5.92 Å². The Morgan fingerprint density at radius 3 is 2.62 bits per heavy atom. The van der Waals surface area contributed by atoms with Gasteiger partial charge in [0.2, 0.25) is 0 Å². The Kier molecular flexibility index (Phi) is 4.58. The summed E-state index contributed by atoms with van der Waals surface area (Å²) in [5.74, 6) is 0.667. The first-order valence-corrected chi connectivity index (χ1v) is 6.50. The van der Waals surface area contributed by atoms with Crippen LogP contribution in [0.2, 0.25) is 0 Å². The molecule has 0 aliphatic carbocycles. The van der Waals surface area contributed by atoms with E-state index >= 15 is 0 Å². The predicted octanol–water partition coefficient (Wildman–Crippen LogP) is 0.206. The number of rotatable bonds is 3. The van der Waals surface area contributed by atoms with Crippen molar-refractivity contribution in [1.29, 1.82) is 0 Å². The van der Waals surface area contributed by atoms with E-state index < -0.39 is 0 Å². The van der Waals surface area contributed by atoms with E-state index in [2.05, 4.69) is 29.1 Å². The third-order valence-electron chi connectivity index (χ3n) is 3.58. The summed E-state index contributed by atoms with van der Waals surface area (Å²) in [6.45, 7) is 10.2. The number of nitrogens with one attached hydrogen (secondary N) is 1. The van der Waals surface area contributed by atoms with Crippen molar-refractivity contribution < 1.29 is 4.74 Å². The minimum Gasteiger partial charge on any atom is -0.363 e. The minimum absolute atomic E-state index is 0.288. The fourth-order valence-corrected chi connectivity index (χ4v) is 2.29. The van der Waals surface area contributed by atoms with Crippen LogP contribution in [0.4, 0.5) is 0 Å². The Bertz CT molecular complexity index is 174. The van der Waals surface area contributed by atoms with Gasteiger partial charge in [0.25, 0.3) is 0 Å². The maximum absolute atomic E-state index is 5.75. The van der Waals surface area contributed by atoms with Crippen LogP contribution in [-0.2, 0) is 4.74 Å². The molecule has 0 spiro atoms. The number of hydrogen-bond acceptors (Lipinski definition) is 4. The molecule has 2 aliphatic heterocycles. The number of nitrogens with zero attached hydrogens (tertiary/aromatic N) is 2. The van der Waals surface area contributed by atoms with Crippen LogP contribution in [0.15, 0.2) is 0 Å². The highest BCUT2D eigenvalue weighted by Crippen LogP contribution is 2.08. The number of hydrogen-bond donors (Lipinski definition) is 1. The van der Waals surface area contributed by atoms with Crippen LogP contribution in [0.1, 0.15) is 13.3 Å². The molecule has 2 saturated heterocycles. The van der Waals surface area contributed by atoms with Crippen molar-refractivity contribution in [2.45, 2.75) is 19.6 Å². The molecule has 4 heteroatoms. The molecule has 94 valence electrons. The summed E-state index contributed by atoms with van der Waals surface area (Å²) in [4.78, 5) is 4.94. The van der Waals surface area contributed by atoms with Gasteiger partial charge >= 0.3 is 0 Å². The first-order valence-electron chi connectivity index (χ1n) is 6.50. The van der Waals surface area contributed by atoms with Crippen molar-refractivity contribution in [2.75, 3.05) is 52.9 Å². The maximum atomic E-state index is 5.75. The molecule has 0 aromatic heterocycles. The highest BCUT2D eigenvalue weighted by Gasteiger charge is 2.19. The Balaban J connectivity index is 1.60.